The summed E-state index contributed by atoms with van der Waals surface area (Å²) in [5.74, 6) is -0.631. The summed E-state index contributed by atoms with van der Waals surface area (Å²) in [6, 6.07) is 27.3. The number of rotatable bonds is 5. The zero-order valence-corrected chi connectivity index (χ0v) is 15.9. The number of carbonyl (C=O) groups is 1. The predicted molar refractivity (Wildman–Crippen MR) is 113 cm³/mol. The van der Waals surface area contributed by atoms with Crippen LogP contribution in [0, 0.1) is 0 Å². The number of nitrogens with one attached hydrogen (secondary N) is 3. The van der Waals surface area contributed by atoms with E-state index in [1.807, 2.05) is 42.5 Å². The Morgan fingerprint density at radius 1 is 0.786 bits per heavy atom. The second kappa shape index (κ2) is 9.12. The van der Waals surface area contributed by atoms with Gasteiger partial charge in [0.2, 0.25) is 0 Å². The lowest BCUT2D eigenvalue weighted by Gasteiger charge is -2.28. The standard InChI is InChI=1S/C22H21N3O2S/c26-20(24-25-21(28)23-16-17-10-4-1-5-11-17)22(27,18-12-6-2-7-13-18)19-14-8-3-9-15-19/h1-15,27H,16H2,(H,24,26)(H2,23,25,28). The summed E-state index contributed by atoms with van der Waals surface area (Å²) in [6.45, 7) is 0.518. The molecule has 1 amide bonds. The minimum Gasteiger partial charge on any atom is -0.372 e. The Labute approximate surface area is 169 Å². The van der Waals surface area contributed by atoms with Crippen LogP contribution in [0.5, 0.6) is 0 Å². The predicted octanol–water partition coefficient (Wildman–Crippen LogP) is 2.62. The molecule has 0 aliphatic rings. The Bertz CT molecular complexity index is 879. The molecule has 0 spiro atoms. The smallest absolute Gasteiger partial charge is 0.279 e. The first-order valence-corrected chi connectivity index (χ1v) is 9.23. The molecule has 0 aliphatic heterocycles. The molecule has 0 radical (unpaired) electrons. The number of hydrazine groups is 1. The maximum absolute atomic E-state index is 12.9. The highest BCUT2D eigenvalue weighted by atomic mass is 32.1. The molecule has 0 fully saturated rings. The summed E-state index contributed by atoms with van der Waals surface area (Å²) in [7, 11) is 0. The zero-order chi connectivity index (χ0) is 19.8. The highest BCUT2D eigenvalue weighted by Crippen LogP contribution is 2.29. The third kappa shape index (κ3) is 4.54. The Balaban J connectivity index is 1.69. The van der Waals surface area contributed by atoms with E-state index in [-0.39, 0.29) is 5.11 Å². The van der Waals surface area contributed by atoms with Crippen LogP contribution in [-0.2, 0) is 16.9 Å². The molecule has 5 nitrogen and oxygen atoms in total. The third-order valence-electron chi connectivity index (χ3n) is 4.30. The van der Waals surface area contributed by atoms with Gasteiger partial charge in [0.15, 0.2) is 10.7 Å². The number of aliphatic hydroxyl groups is 1. The minimum absolute atomic E-state index is 0.251. The Kier molecular flexibility index (Phi) is 6.37. The number of thiocarbonyl (C=S) groups is 1. The SMILES string of the molecule is O=C(NNC(=S)NCc1ccccc1)C(O)(c1ccccc1)c1ccccc1. The molecule has 0 saturated heterocycles. The quantitative estimate of drug-likeness (QED) is 0.398. The van der Waals surface area contributed by atoms with Crippen LogP contribution in [0.25, 0.3) is 0 Å². The van der Waals surface area contributed by atoms with E-state index in [4.69, 9.17) is 12.2 Å². The maximum Gasteiger partial charge on any atom is 0.279 e. The molecule has 4 N–H and O–H groups in total. The van der Waals surface area contributed by atoms with Crippen molar-refractivity contribution in [1.29, 1.82) is 0 Å². The van der Waals surface area contributed by atoms with Crippen LogP contribution in [0.15, 0.2) is 91.0 Å². The van der Waals surface area contributed by atoms with Crippen LogP contribution in [0.1, 0.15) is 16.7 Å². The highest BCUT2D eigenvalue weighted by molar-refractivity contribution is 7.80. The van der Waals surface area contributed by atoms with Gasteiger partial charge in [-0.2, -0.15) is 0 Å². The van der Waals surface area contributed by atoms with Gasteiger partial charge in [-0.25, -0.2) is 0 Å². The Hall–Kier alpha value is -3.22. The third-order valence-corrected chi connectivity index (χ3v) is 4.54. The van der Waals surface area contributed by atoms with Crippen LogP contribution in [0.2, 0.25) is 0 Å². The summed E-state index contributed by atoms with van der Waals surface area (Å²) < 4.78 is 0. The van der Waals surface area contributed by atoms with Gasteiger partial charge in [0, 0.05) is 6.54 Å². The maximum atomic E-state index is 12.9. The summed E-state index contributed by atoms with van der Waals surface area (Å²) in [4.78, 5) is 12.9. The van der Waals surface area contributed by atoms with E-state index in [1.165, 1.54) is 0 Å². The molecule has 0 bridgehead atoms. The van der Waals surface area contributed by atoms with Gasteiger partial charge in [0.25, 0.3) is 5.91 Å². The monoisotopic (exact) mass is 391 g/mol. The van der Waals surface area contributed by atoms with Gasteiger partial charge in [-0.1, -0.05) is 91.0 Å². The van der Waals surface area contributed by atoms with Gasteiger partial charge in [0.05, 0.1) is 0 Å². The van der Waals surface area contributed by atoms with Crippen molar-refractivity contribution in [3.05, 3.63) is 108 Å². The Morgan fingerprint density at radius 3 is 1.75 bits per heavy atom. The first-order chi connectivity index (χ1) is 13.6. The fourth-order valence-electron chi connectivity index (χ4n) is 2.81. The molecule has 0 heterocycles. The Morgan fingerprint density at radius 2 is 1.25 bits per heavy atom. The minimum atomic E-state index is -1.86. The first-order valence-electron chi connectivity index (χ1n) is 8.82. The summed E-state index contributed by atoms with van der Waals surface area (Å²) in [5.41, 5.74) is 5.30. The van der Waals surface area contributed by atoms with E-state index in [2.05, 4.69) is 16.2 Å². The van der Waals surface area contributed by atoms with Crippen molar-refractivity contribution in [2.75, 3.05) is 0 Å². The molecule has 142 valence electrons. The van der Waals surface area contributed by atoms with Crippen molar-refractivity contribution in [3.8, 4) is 0 Å². The largest absolute Gasteiger partial charge is 0.372 e. The lowest BCUT2D eigenvalue weighted by molar-refractivity contribution is -0.137. The zero-order valence-electron chi connectivity index (χ0n) is 15.1. The second-order valence-electron chi connectivity index (χ2n) is 6.19. The molecule has 0 unspecified atom stereocenters. The number of amides is 1. The first kappa shape index (κ1) is 19.5. The average Bonchev–Trinajstić information content (AvgIpc) is 2.77. The van der Waals surface area contributed by atoms with Crippen molar-refractivity contribution in [3.63, 3.8) is 0 Å². The molecule has 3 aromatic carbocycles. The molecule has 0 aromatic heterocycles. The van der Waals surface area contributed by atoms with E-state index in [9.17, 15) is 9.90 Å². The van der Waals surface area contributed by atoms with E-state index >= 15 is 0 Å². The highest BCUT2D eigenvalue weighted by Gasteiger charge is 2.39. The van der Waals surface area contributed by atoms with Crippen LogP contribution in [0.3, 0.4) is 0 Å². The van der Waals surface area contributed by atoms with Crippen molar-refractivity contribution in [1.82, 2.24) is 16.2 Å². The second-order valence-corrected chi connectivity index (χ2v) is 6.60. The van der Waals surface area contributed by atoms with Crippen molar-refractivity contribution in [2.45, 2.75) is 12.1 Å². The molecule has 0 saturated carbocycles. The van der Waals surface area contributed by atoms with E-state index < -0.39 is 11.5 Å². The summed E-state index contributed by atoms with van der Waals surface area (Å²) in [5, 5.41) is 14.6. The van der Waals surface area contributed by atoms with Crippen molar-refractivity contribution < 1.29 is 9.90 Å². The number of carbonyl (C=O) groups excluding carboxylic acids is 1. The fraction of sp³-hybridized carbons (Fsp3) is 0.0909. The molecular weight excluding hydrogens is 370 g/mol. The van der Waals surface area contributed by atoms with Gasteiger partial charge in [-0.3, -0.25) is 15.6 Å². The lowest BCUT2D eigenvalue weighted by atomic mass is 9.85. The van der Waals surface area contributed by atoms with Gasteiger partial charge < -0.3 is 10.4 Å². The average molecular weight is 391 g/mol. The van der Waals surface area contributed by atoms with Crippen LogP contribution in [-0.4, -0.2) is 16.1 Å². The number of hydrogen-bond donors (Lipinski definition) is 4. The van der Waals surface area contributed by atoms with Gasteiger partial charge >= 0.3 is 0 Å². The van der Waals surface area contributed by atoms with E-state index in [0.717, 1.165) is 5.56 Å². The normalized spacial score (nSPS) is 10.8. The molecule has 3 rings (SSSR count). The van der Waals surface area contributed by atoms with Crippen LogP contribution < -0.4 is 16.2 Å². The van der Waals surface area contributed by atoms with Gasteiger partial charge in [-0.15, -0.1) is 0 Å². The lowest BCUT2D eigenvalue weighted by Crippen LogP contribution is -2.54. The fourth-order valence-corrected chi connectivity index (χ4v) is 2.94. The molecule has 28 heavy (non-hydrogen) atoms. The molecule has 3 aromatic rings. The topological polar surface area (TPSA) is 73.4 Å². The van der Waals surface area contributed by atoms with Crippen molar-refractivity contribution in [2.24, 2.45) is 0 Å². The summed E-state index contributed by atoms with van der Waals surface area (Å²) >= 11 is 5.21. The molecule has 0 aliphatic carbocycles. The van der Waals surface area contributed by atoms with Crippen LogP contribution >= 0.6 is 12.2 Å². The van der Waals surface area contributed by atoms with Gasteiger partial charge in [0.1, 0.15) is 0 Å². The molecule has 6 heteroatoms. The van der Waals surface area contributed by atoms with Crippen molar-refractivity contribution >= 4 is 23.2 Å². The van der Waals surface area contributed by atoms with E-state index in [0.29, 0.717) is 17.7 Å². The molecule has 0 atom stereocenters. The van der Waals surface area contributed by atoms with Crippen LogP contribution in [0.4, 0.5) is 0 Å². The number of hydrogen-bond acceptors (Lipinski definition) is 3. The number of benzene rings is 3. The molecular formula is C22H21N3O2S. The summed E-state index contributed by atoms with van der Waals surface area (Å²) in [6.07, 6.45) is 0. The van der Waals surface area contributed by atoms with E-state index in [1.54, 1.807) is 48.5 Å². The van der Waals surface area contributed by atoms with Gasteiger partial charge in [-0.05, 0) is 28.9 Å².